The number of fused-ring (bicyclic) bond motifs is 3. The van der Waals surface area contributed by atoms with Crippen molar-refractivity contribution in [3.8, 4) is 11.1 Å². The van der Waals surface area contributed by atoms with Crippen molar-refractivity contribution in [2.24, 2.45) is 10.2 Å². The molecule has 1 aliphatic rings. The summed E-state index contributed by atoms with van der Waals surface area (Å²) in [6, 6.07) is 22.5. The van der Waals surface area contributed by atoms with Crippen molar-refractivity contribution in [1.29, 1.82) is 0 Å². The Morgan fingerprint density at radius 2 is 1.38 bits per heavy atom. The Balaban J connectivity index is 1.70. The van der Waals surface area contributed by atoms with Gasteiger partial charge in [0.1, 0.15) is 5.71 Å². The van der Waals surface area contributed by atoms with Gasteiger partial charge in [-0.1, -0.05) is 60.1 Å². The normalized spacial score (nSPS) is 12.2. The van der Waals surface area contributed by atoms with Crippen LogP contribution in [0.1, 0.15) is 16.7 Å². The van der Waals surface area contributed by atoms with E-state index < -0.39 is 0 Å². The topological polar surface area (TPSA) is 28.0 Å². The first kappa shape index (κ1) is 16.6. The minimum Gasteiger partial charge on any atom is -0.378 e. The molecule has 0 N–H and O–H groups in total. The van der Waals surface area contributed by atoms with E-state index in [0.717, 1.165) is 28.1 Å². The number of hydrogen-bond acceptors (Lipinski definition) is 3. The smallest absolute Gasteiger partial charge is 0.101 e. The van der Waals surface area contributed by atoms with Gasteiger partial charge < -0.3 is 4.90 Å². The van der Waals surface area contributed by atoms with Gasteiger partial charge >= 0.3 is 0 Å². The van der Waals surface area contributed by atoms with Crippen LogP contribution >= 0.6 is 11.6 Å². The fourth-order valence-corrected chi connectivity index (χ4v) is 3.37. The maximum Gasteiger partial charge on any atom is 0.101 e. The Bertz CT molecular complexity index is 988. The van der Waals surface area contributed by atoms with Gasteiger partial charge in [0, 0.05) is 36.5 Å². The van der Waals surface area contributed by atoms with Crippen LogP contribution in [0.3, 0.4) is 0 Å². The van der Waals surface area contributed by atoms with Gasteiger partial charge in [-0.25, -0.2) is 0 Å². The van der Waals surface area contributed by atoms with E-state index in [9.17, 15) is 0 Å². The van der Waals surface area contributed by atoms with Gasteiger partial charge in [-0.15, -0.1) is 5.10 Å². The highest BCUT2D eigenvalue weighted by molar-refractivity contribution is 6.33. The molecule has 26 heavy (non-hydrogen) atoms. The number of nitrogens with zero attached hydrogens (tertiary/aromatic N) is 3. The molecule has 0 atom stereocenters. The highest BCUT2D eigenvalue weighted by Crippen LogP contribution is 2.36. The lowest BCUT2D eigenvalue weighted by Crippen LogP contribution is -2.08. The van der Waals surface area contributed by atoms with Crippen molar-refractivity contribution in [1.82, 2.24) is 0 Å². The molecule has 3 aromatic carbocycles. The van der Waals surface area contributed by atoms with Gasteiger partial charge in [0.2, 0.25) is 0 Å². The van der Waals surface area contributed by atoms with Crippen molar-refractivity contribution in [2.75, 3.05) is 19.0 Å². The molecular formula is C22H18ClN3. The van der Waals surface area contributed by atoms with Gasteiger partial charge in [0.25, 0.3) is 0 Å². The Morgan fingerprint density at radius 1 is 0.808 bits per heavy atom. The van der Waals surface area contributed by atoms with E-state index in [1.165, 1.54) is 11.1 Å². The molecular weight excluding hydrogens is 342 g/mol. The Labute approximate surface area is 158 Å². The summed E-state index contributed by atoms with van der Waals surface area (Å²) in [5.41, 5.74) is 7.42. The fourth-order valence-electron chi connectivity index (χ4n) is 3.15. The fraction of sp³-hybridized carbons (Fsp3) is 0.0909. The molecule has 0 amide bonds. The highest BCUT2D eigenvalue weighted by Gasteiger charge is 2.23. The number of benzene rings is 3. The summed E-state index contributed by atoms with van der Waals surface area (Å²) >= 11 is 6.36. The lowest BCUT2D eigenvalue weighted by atomic mass is 10.1. The van der Waals surface area contributed by atoms with Crippen molar-refractivity contribution < 1.29 is 0 Å². The molecule has 0 unspecified atom stereocenters. The van der Waals surface area contributed by atoms with Crippen LogP contribution in [0.25, 0.3) is 11.1 Å². The second-order valence-corrected chi connectivity index (χ2v) is 6.79. The summed E-state index contributed by atoms with van der Waals surface area (Å²) in [6.07, 6.45) is 1.71. The third-order valence-corrected chi connectivity index (χ3v) is 4.84. The first-order valence-corrected chi connectivity index (χ1v) is 8.80. The minimum absolute atomic E-state index is 0.660. The third kappa shape index (κ3) is 2.91. The van der Waals surface area contributed by atoms with Crippen LogP contribution in [-0.2, 0) is 0 Å². The first-order chi connectivity index (χ1) is 12.6. The molecule has 0 saturated heterocycles. The van der Waals surface area contributed by atoms with E-state index in [-0.39, 0.29) is 0 Å². The van der Waals surface area contributed by atoms with Gasteiger partial charge in [-0.05, 0) is 29.3 Å². The van der Waals surface area contributed by atoms with Crippen LogP contribution in [0, 0.1) is 0 Å². The standard InChI is InChI=1S/C22H18ClN3/c1-26(2)16-12-11-15(21(23)13-16)14-24-25-22-19-9-5-3-7-17(19)18-8-4-6-10-20(18)22/h3-14H,1-2H3/b24-14+. The first-order valence-electron chi connectivity index (χ1n) is 8.42. The predicted octanol–water partition coefficient (Wildman–Crippen LogP) is 5.26. The molecule has 0 spiro atoms. The molecule has 0 radical (unpaired) electrons. The molecule has 1 aliphatic carbocycles. The maximum absolute atomic E-state index is 6.36. The van der Waals surface area contributed by atoms with Crippen molar-refractivity contribution in [3.05, 3.63) is 88.4 Å². The monoisotopic (exact) mass is 359 g/mol. The average molecular weight is 360 g/mol. The molecule has 3 aromatic rings. The van der Waals surface area contributed by atoms with E-state index in [4.69, 9.17) is 11.6 Å². The number of halogens is 1. The Hall–Kier alpha value is -2.91. The summed E-state index contributed by atoms with van der Waals surface area (Å²) in [7, 11) is 3.97. The lowest BCUT2D eigenvalue weighted by Gasteiger charge is -2.12. The summed E-state index contributed by atoms with van der Waals surface area (Å²) in [6.45, 7) is 0. The number of anilines is 1. The van der Waals surface area contributed by atoms with Crippen molar-refractivity contribution in [3.63, 3.8) is 0 Å². The largest absolute Gasteiger partial charge is 0.378 e. The average Bonchev–Trinajstić information content (AvgIpc) is 2.97. The molecule has 4 heteroatoms. The van der Waals surface area contributed by atoms with Crippen molar-refractivity contribution in [2.45, 2.75) is 0 Å². The van der Waals surface area contributed by atoms with Gasteiger partial charge in [0.05, 0.1) is 11.2 Å². The zero-order chi connectivity index (χ0) is 18.1. The summed E-state index contributed by atoms with van der Waals surface area (Å²) in [4.78, 5) is 2.01. The second-order valence-electron chi connectivity index (χ2n) is 6.38. The van der Waals surface area contributed by atoms with E-state index in [1.807, 2.05) is 61.5 Å². The van der Waals surface area contributed by atoms with E-state index in [0.29, 0.717) is 5.02 Å². The SMILES string of the molecule is CN(C)c1ccc(/C=N/N=C2c3ccccc3-c3ccccc32)c(Cl)c1. The molecule has 128 valence electrons. The van der Waals surface area contributed by atoms with Crippen LogP contribution in [0.5, 0.6) is 0 Å². The summed E-state index contributed by atoms with van der Waals surface area (Å²) < 4.78 is 0. The van der Waals surface area contributed by atoms with Crippen LogP contribution < -0.4 is 4.90 Å². The van der Waals surface area contributed by atoms with Crippen LogP contribution in [0.4, 0.5) is 5.69 Å². The summed E-state index contributed by atoms with van der Waals surface area (Å²) in [5.74, 6) is 0. The highest BCUT2D eigenvalue weighted by atomic mass is 35.5. The predicted molar refractivity (Wildman–Crippen MR) is 111 cm³/mol. The third-order valence-electron chi connectivity index (χ3n) is 4.51. The van der Waals surface area contributed by atoms with Gasteiger partial charge in [0.15, 0.2) is 0 Å². The lowest BCUT2D eigenvalue weighted by molar-refractivity contribution is 1.13. The molecule has 4 rings (SSSR count). The molecule has 0 bridgehead atoms. The number of hydrogen-bond donors (Lipinski definition) is 0. The van der Waals surface area contributed by atoms with Gasteiger partial charge in [-0.3, -0.25) is 0 Å². The number of rotatable bonds is 3. The second kappa shape index (κ2) is 6.77. The van der Waals surface area contributed by atoms with Crippen molar-refractivity contribution >= 4 is 29.2 Å². The molecule has 0 fully saturated rings. The van der Waals surface area contributed by atoms with Crippen LogP contribution in [0.2, 0.25) is 5.02 Å². The minimum atomic E-state index is 0.660. The van der Waals surface area contributed by atoms with E-state index in [1.54, 1.807) is 6.21 Å². The molecule has 0 aromatic heterocycles. The zero-order valence-electron chi connectivity index (χ0n) is 14.6. The Morgan fingerprint density at radius 3 is 1.92 bits per heavy atom. The molecule has 0 saturated carbocycles. The molecule has 0 heterocycles. The van der Waals surface area contributed by atoms with Gasteiger partial charge in [-0.2, -0.15) is 5.10 Å². The maximum atomic E-state index is 6.36. The molecule has 0 aliphatic heterocycles. The molecule has 3 nitrogen and oxygen atoms in total. The van der Waals surface area contributed by atoms with E-state index >= 15 is 0 Å². The quantitative estimate of drug-likeness (QED) is 0.362. The van der Waals surface area contributed by atoms with E-state index in [2.05, 4.69) is 34.5 Å². The van der Waals surface area contributed by atoms with Crippen LogP contribution in [0.15, 0.2) is 76.9 Å². The van der Waals surface area contributed by atoms with Crippen LogP contribution in [-0.4, -0.2) is 26.0 Å². The zero-order valence-corrected chi connectivity index (χ0v) is 15.4. The Kier molecular flexibility index (Phi) is 4.31. The summed E-state index contributed by atoms with van der Waals surface area (Å²) in [5, 5.41) is 9.50.